The topological polar surface area (TPSA) is 58.8 Å². The quantitative estimate of drug-likeness (QED) is 0.809. The normalized spacial score (nSPS) is 12.1. The number of carboxylic acids is 1. The summed E-state index contributed by atoms with van der Waals surface area (Å²) in [5.74, 6) is -6.06. The predicted molar refractivity (Wildman–Crippen MR) is 75.3 cm³/mol. The Hall–Kier alpha value is -2.28. The zero-order chi connectivity index (χ0) is 15.2. The molecule has 4 nitrogen and oxygen atoms in total. The monoisotopic (exact) mass is 309 g/mol. The molecule has 0 aliphatic carbocycles. The number of nitrogens with zero attached hydrogens (tertiary/aromatic N) is 1. The lowest BCUT2D eigenvalue weighted by molar-refractivity contribution is -0.164. The summed E-state index contributed by atoms with van der Waals surface area (Å²) >= 11 is 1.13. The smallest absolute Gasteiger partial charge is 0.374 e. The second-order valence-electron chi connectivity index (χ2n) is 4.59. The maximum absolute atomic E-state index is 13.6. The first-order valence-electron chi connectivity index (χ1n) is 6.02. The van der Waals surface area contributed by atoms with E-state index in [0.717, 1.165) is 11.3 Å². The molecule has 2 heterocycles. The minimum absolute atomic E-state index is 0.174. The van der Waals surface area contributed by atoms with Crippen LogP contribution < -0.4 is 5.56 Å². The summed E-state index contributed by atoms with van der Waals surface area (Å²) in [7, 11) is 0. The Morgan fingerprint density at radius 2 is 1.95 bits per heavy atom. The summed E-state index contributed by atoms with van der Waals surface area (Å²) in [5, 5.41) is 10.9. The van der Waals surface area contributed by atoms with Gasteiger partial charge in [-0.25, -0.2) is 4.79 Å². The van der Waals surface area contributed by atoms with E-state index in [4.69, 9.17) is 5.11 Å². The highest BCUT2D eigenvalue weighted by atomic mass is 32.1. The van der Waals surface area contributed by atoms with Gasteiger partial charge in [0.2, 0.25) is 0 Å². The summed E-state index contributed by atoms with van der Waals surface area (Å²) in [6.07, 6.45) is 0.546. The van der Waals surface area contributed by atoms with E-state index in [9.17, 15) is 18.4 Å². The Morgan fingerprint density at radius 1 is 1.29 bits per heavy atom. The molecular weight excluding hydrogens is 300 g/mol. The van der Waals surface area contributed by atoms with Crippen molar-refractivity contribution >= 4 is 32.9 Å². The summed E-state index contributed by atoms with van der Waals surface area (Å²) < 4.78 is 28.5. The van der Waals surface area contributed by atoms with Gasteiger partial charge in [0, 0.05) is 22.5 Å². The van der Waals surface area contributed by atoms with Gasteiger partial charge >= 0.3 is 11.9 Å². The minimum atomic E-state index is -3.88. The minimum Gasteiger partial charge on any atom is -0.477 e. The van der Waals surface area contributed by atoms with Crippen molar-refractivity contribution in [2.45, 2.75) is 12.3 Å². The number of fused-ring (bicyclic) bond motifs is 2. The van der Waals surface area contributed by atoms with Crippen molar-refractivity contribution in [1.29, 1.82) is 0 Å². The fourth-order valence-electron chi connectivity index (χ4n) is 2.30. The standard InChI is InChI=1S/C14H9F2NO3S/c15-14(16,13(19)20)7-10-8-3-1-2-4-9(8)11(18)17-5-6-21-12(10)17/h1-6H,7H2,(H,19,20). The number of alkyl halides is 2. The summed E-state index contributed by atoms with van der Waals surface area (Å²) in [6, 6.07) is 6.38. The van der Waals surface area contributed by atoms with Crippen LogP contribution in [-0.4, -0.2) is 21.4 Å². The number of hydrogen-bond acceptors (Lipinski definition) is 3. The largest absolute Gasteiger partial charge is 0.477 e. The van der Waals surface area contributed by atoms with Crippen LogP contribution in [0.1, 0.15) is 5.56 Å². The van der Waals surface area contributed by atoms with Gasteiger partial charge in [0.1, 0.15) is 4.83 Å². The number of hydrogen-bond donors (Lipinski definition) is 1. The van der Waals surface area contributed by atoms with Crippen molar-refractivity contribution in [2.24, 2.45) is 0 Å². The third-order valence-corrected chi connectivity index (χ3v) is 4.20. The fourth-order valence-corrected chi connectivity index (χ4v) is 3.20. The first kappa shape index (κ1) is 13.7. The Balaban J connectivity index is 2.38. The summed E-state index contributed by atoms with van der Waals surface area (Å²) in [4.78, 5) is 23.3. The number of thiazole rings is 1. The molecular formula is C14H9F2NO3S. The molecule has 0 fully saturated rings. The van der Waals surface area contributed by atoms with E-state index >= 15 is 0 Å². The number of carbonyl (C=O) groups is 1. The maximum atomic E-state index is 13.6. The molecule has 7 heteroatoms. The van der Waals surface area contributed by atoms with Crippen LogP contribution in [0.3, 0.4) is 0 Å². The van der Waals surface area contributed by atoms with Crippen LogP contribution in [0.15, 0.2) is 40.6 Å². The molecule has 0 atom stereocenters. The first-order valence-corrected chi connectivity index (χ1v) is 6.90. The molecule has 3 rings (SSSR count). The van der Waals surface area contributed by atoms with Crippen molar-refractivity contribution in [2.75, 3.05) is 0 Å². The van der Waals surface area contributed by atoms with Crippen LogP contribution in [0.2, 0.25) is 0 Å². The molecule has 0 aliphatic heterocycles. The van der Waals surface area contributed by atoms with Gasteiger partial charge < -0.3 is 5.11 Å². The molecule has 0 saturated heterocycles. The van der Waals surface area contributed by atoms with Crippen LogP contribution in [0.25, 0.3) is 15.6 Å². The zero-order valence-corrected chi connectivity index (χ0v) is 11.4. The number of rotatable bonds is 3. The molecule has 0 amide bonds. The van der Waals surface area contributed by atoms with Gasteiger partial charge in [-0.15, -0.1) is 11.3 Å². The second-order valence-corrected chi connectivity index (χ2v) is 5.49. The molecule has 1 N–H and O–H groups in total. The van der Waals surface area contributed by atoms with Crippen LogP contribution in [0, 0.1) is 0 Å². The van der Waals surface area contributed by atoms with Crippen molar-refractivity contribution in [1.82, 2.24) is 4.40 Å². The van der Waals surface area contributed by atoms with Gasteiger partial charge in [0.25, 0.3) is 5.56 Å². The Morgan fingerprint density at radius 3 is 2.62 bits per heavy atom. The number of halogens is 2. The predicted octanol–water partition coefficient (Wildman–Crippen LogP) is 2.78. The fraction of sp³-hybridized carbons (Fsp3) is 0.143. The van der Waals surface area contributed by atoms with Gasteiger partial charge in [-0.05, 0) is 11.5 Å². The molecule has 0 saturated carbocycles. The third kappa shape index (κ3) is 2.09. The zero-order valence-electron chi connectivity index (χ0n) is 10.5. The molecule has 108 valence electrons. The van der Waals surface area contributed by atoms with Crippen LogP contribution in [0.5, 0.6) is 0 Å². The molecule has 0 unspecified atom stereocenters. The molecule has 1 aromatic carbocycles. The van der Waals surface area contributed by atoms with Gasteiger partial charge in [-0.2, -0.15) is 8.78 Å². The van der Waals surface area contributed by atoms with Crippen molar-refractivity contribution in [3.05, 3.63) is 51.8 Å². The van der Waals surface area contributed by atoms with E-state index in [-0.39, 0.29) is 11.1 Å². The molecule has 0 aliphatic rings. The summed E-state index contributed by atoms with van der Waals surface area (Å²) in [6.45, 7) is 0. The van der Waals surface area contributed by atoms with Crippen molar-refractivity contribution in [3.8, 4) is 0 Å². The van der Waals surface area contributed by atoms with Crippen LogP contribution in [0.4, 0.5) is 8.78 Å². The second kappa shape index (κ2) is 4.63. The van der Waals surface area contributed by atoms with E-state index < -0.39 is 18.3 Å². The highest BCUT2D eigenvalue weighted by Crippen LogP contribution is 2.30. The van der Waals surface area contributed by atoms with Gasteiger partial charge in [-0.3, -0.25) is 9.20 Å². The number of pyridine rings is 1. The Labute approximate surface area is 120 Å². The molecule has 0 spiro atoms. The highest BCUT2D eigenvalue weighted by molar-refractivity contribution is 7.15. The van der Waals surface area contributed by atoms with Gasteiger partial charge in [-0.1, -0.05) is 18.2 Å². The summed E-state index contributed by atoms with van der Waals surface area (Å²) in [5.41, 5.74) is -0.128. The lowest BCUT2D eigenvalue weighted by Gasteiger charge is -2.14. The van der Waals surface area contributed by atoms with E-state index in [1.165, 1.54) is 10.6 Å². The maximum Gasteiger partial charge on any atom is 0.374 e. The lowest BCUT2D eigenvalue weighted by Crippen LogP contribution is -2.31. The number of aliphatic carboxylic acids is 1. The van der Waals surface area contributed by atoms with E-state index in [2.05, 4.69) is 0 Å². The number of carboxylic acid groups (broad SMARTS) is 1. The molecule has 3 aromatic rings. The highest BCUT2D eigenvalue weighted by Gasteiger charge is 2.40. The van der Waals surface area contributed by atoms with Crippen LogP contribution in [-0.2, 0) is 11.2 Å². The third-order valence-electron chi connectivity index (χ3n) is 3.28. The molecule has 0 bridgehead atoms. The van der Waals surface area contributed by atoms with E-state index in [1.54, 1.807) is 29.6 Å². The number of aromatic nitrogens is 1. The average molecular weight is 309 g/mol. The van der Waals surface area contributed by atoms with Gasteiger partial charge in [0.15, 0.2) is 0 Å². The molecule has 21 heavy (non-hydrogen) atoms. The Bertz CT molecular complexity index is 913. The average Bonchev–Trinajstić information content (AvgIpc) is 2.93. The van der Waals surface area contributed by atoms with Crippen molar-refractivity contribution < 1.29 is 18.7 Å². The molecule has 0 radical (unpaired) electrons. The first-order chi connectivity index (χ1) is 9.92. The van der Waals surface area contributed by atoms with Crippen LogP contribution >= 0.6 is 11.3 Å². The van der Waals surface area contributed by atoms with E-state index in [0.29, 0.717) is 15.6 Å². The lowest BCUT2D eigenvalue weighted by atomic mass is 10.0. The van der Waals surface area contributed by atoms with E-state index in [1.807, 2.05) is 0 Å². The molecule has 2 aromatic heterocycles. The number of benzene rings is 1. The SMILES string of the molecule is O=C(O)C(F)(F)Cc1c2ccccc2c(=O)n2ccsc12. The van der Waals surface area contributed by atoms with Crippen molar-refractivity contribution in [3.63, 3.8) is 0 Å². The van der Waals surface area contributed by atoms with Gasteiger partial charge in [0.05, 0.1) is 6.42 Å². The Kier molecular flexibility index (Phi) is 3.02.